The van der Waals surface area contributed by atoms with E-state index in [0.717, 1.165) is 6.42 Å². The first-order chi connectivity index (χ1) is 9.47. The van der Waals surface area contributed by atoms with Crippen molar-refractivity contribution in [3.8, 4) is 0 Å². The van der Waals surface area contributed by atoms with Crippen molar-refractivity contribution in [2.24, 2.45) is 5.73 Å². The van der Waals surface area contributed by atoms with Crippen LogP contribution >= 0.6 is 0 Å². The second kappa shape index (κ2) is 7.65. The number of hydrogen-bond acceptors (Lipinski definition) is 5. The highest BCUT2D eigenvalue weighted by atomic mass is 32.2. The van der Waals surface area contributed by atoms with Crippen LogP contribution in [0.3, 0.4) is 0 Å². The van der Waals surface area contributed by atoms with E-state index in [1.165, 1.54) is 12.4 Å². The second-order valence-corrected chi connectivity index (χ2v) is 5.72. The summed E-state index contributed by atoms with van der Waals surface area (Å²) in [5.74, 6) is 0. The van der Waals surface area contributed by atoms with Crippen molar-refractivity contribution in [1.29, 1.82) is 0 Å². The Hall–Kier alpha value is -1.87. The Kier molecular flexibility index (Phi) is 6.19. The van der Waals surface area contributed by atoms with Crippen LogP contribution in [0.4, 0.5) is 10.5 Å². The maximum Gasteiger partial charge on any atom is 0.312 e. The maximum absolute atomic E-state index is 12.1. The summed E-state index contributed by atoms with van der Waals surface area (Å²) in [6.45, 7) is 2.81. The van der Waals surface area contributed by atoms with Gasteiger partial charge in [-0.3, -0.25) is 4.98 Å². The van der Waals surface area contributed by atoms with E-state index >= 15 is 0 Å². The Morgan fingerprint density at radius 3 is 2.75 bits per heavy atom. The molecule has 0 aliphatic heterocycles. The van der Waals surface area contributed by atoms with Gasteiger partial charge in [-0.25, -0.2) is 17.9 Å². The number of pyridine rings is 1. The molecular formula is C11H19N5O3S. The average molecular weight is 301 g/mol. The van der Waals surface area contributed by atoms with Crippen LogP contribution in [0.2, 0.25) is 0 Å². The summed E-state index contributed by atoms with van der Waals surface area (Å²) < 4.78 is 26.6. The van der Waals surface area contributed by atoms with E-state index in [0.29, 0.717) is 12.2 Å². The van der Waals surface area contributed by atoms with Gasteiger partial charge in [-0.05, 0) is 12.5 Å². The van der Waals surface area contributed by atoms with Crippen molar-refractivity contribution in [2.45, 2.75) is 18.2 Å². The molecule has 1 heterocycles. The van der Waals surface area contributed by atoms with Crippen LogP contribution in [-0.2, 0) is 10.0 Å². The molecule has 1 rings (SSSR count). The lowest BCUT2D eigenvalue weighted by Gasteiger charge is -2.12. The fourth-order valence-electron chi connectivity index (χ4n) is 1.45. The molecule has 1 aromatic heterocycles. The highest BCUT2D eigenvalue weighted by Gasteiger charge is 2.18. The van der Waals surface area contributed by atoms with Crippen LogP contribution in [0, 0.1) is 0 Å². The maximum atomic E-state index is 12.1. The number of primary amides is 1. The molecule has 0 unspecified atom stereocenters. The van der Waals surface area contributed by atoms with Crippen molar-refractivity contribution in [1.82, 2.24) is 15.0 Å². The number of urea groups is 1. The second-order valence-electron chi connectivity index (χ2n) is 3.99. The highest BCUT2D eigenvalue weighted by molar-refractivity contribution is 7.89. The molecule has 0 atom stereocenters. The third-order valence-electron chi connectivity index (χ3n) is 2.36. The van der Waals surface area contributed by atoms with Gasteiger partial charge in [0, 0.05) is 32.0 Å². The molecule has 0 aromatic carbocycles. The lowest BCUT2D eigenvalue weighted by atomic mass is 10.4. The lowest BCUT2D eigenvalue weighted by Crippen LogP contribution is -2.37. The van der Waals surface area contributed by atoms with Crippen LogP contribution in [0.5, 0.6) is 0 Å². The van der Waals surface area contributed by atoms with Gasteiger partial charge in [0.2, 0.25) is 10.0 Å². The molecule has 9 heteroatoms. The van der Waals surface area contributed by atoms with E-state index in [2.05, 4.69) is 20.3 Å². The summed E-state index contributed by atoms with van der Waals surface area (Å²) >= 11 is 0. The van der Waals surface area contributed by atoms with Gasteiger partial charge in [-0.1, -0.05) is 6.92 Å². The molecule has 0 fully saturated rings. The van der Waals surface area contributed by atoms with Crippen LogP contribution in [0.25, 0.3) is 0 Å². The number of hydrogen-bond donors (Lipinski definition) is 4. The van der Waals surface area contributed by atoms with Crippen LogP contribution < -0.4 is 21.1 Å². The first-order valence-electron chi connectivity index (χ1n) is 6.18. The summed E-state index contributed by atoms with van der Waals surface area (Å²) in [6.07, 6.45) is 3.67. The van der Waals surface area contributed by atoms with Crippen molar-refractivity contribution in [2.75, 3.05) is 25.0 Å². The zero-order valence-corrected chi connectivity index (χ0v) is 12.0. The first-order valence-corrected chi connectivity index (χ1v) is 7.66. The quantitative estimate of drug-likeness (QED) is 0.497. The molecule has 0 aliphatic rings. The number of rotatable bonds is 8. The van der Waals surface area contributed by atoms with Crippen LogP contribution in [0.1, 0.15) is 13.3 Å². The van der Waals surface area contributed by atoms with Gasteiger partial charge in [0.05, 0.1) is 5.69 Å². The molecule has 0 saturated carbocycles. The number of amides is 2. The van der Waals surface area contributed by atoms with Gasteiger partial charge in [-0.15, -0.1) is 0 Å². The summed E-state index contributed by atoms with van der Waals surface area (Å²) in [5.41, 5.74) is 5.38. The van der Waals surface area contributed by atoms with Gasteiger partial charge in [0.25, 0.3) is 0 Å². The largest absolute Gasteiger partial charge is 0.384 e. The van der Waals surface area contributed by atoms with Gasteiger partial charge < -0.3 is 16.4 Å². The van der Waals surface area contributed by atoms with Crippen LogP contribution in [0.15, 0.2) is 23.4 Å². The number of sulfonamides is 1. The molecular weight excluding hydrogens is 282 g/mol. The smallest absolute Gasteiger partial charge is 0.312 e. The zero-order valence-electron chi connectivity index (χ0n) is 11.2. The number of nitrogens with zero attached hydrogens (tertiary/aromatic N) is 1. The Balaban J connectivity index is 2.73. The number of aromatic nitrogens is 1. The molecule has 1 aromatic rings. The molecule has 0 aliphatic carbocycles. The normalized spacial score (nSPS) is 11.1. The van der Waals surface area contributed by atoms with Crippen molar-refractivity contribution >= 4 is 21.7 Å². The third kappa shape index (κ3) is 5.02. The zero-order chi connectivity index (χ0) is 15.0. The molecule has 5 N–H and O–H groups in total. The van der Waals surface area contributed by atoms with E-state index in [-0.39, 0.29) is 18.0 Å². The molecule has 112 valence electrons. The lowest BCUT2D eigenvalue weighted by molar-refractivity contribution is 0.249. The summed E-state index contributed by atoms with van der Waals surface area (Å²) in [7, 11) is -3.69. The Morgan fingerprint density at radius 2 is 2.10 bits per heavy atom. The van der Waals surface area contributed by atoms with Crippen LogP contribution in [-0.4, -0.2) is 39.1 Å². The van der Waals surface area contributed by atoms with Gasteiger partial charge in [-0.2, -0.15) is 0 Å². The van der Waals surface area contributed by atoms with Crippen molar-refractivity contribution in [3.63, 3.8) is 0 Å². The standard InChI is InChI=1S/C11H19N5O3S/c1-2-4-14-9-3-5-13-8-10(9)20(18,19)16-7-6-15-11(12)17/h3,5,8,16H,2,4,6-7H2,1H3,(H,13,14)(H3,12,15,17). The summed E-state index contributed by atoms with van der Waals surface area (Å²) in [4.78, 5) is 14.4. The van der Waals surface area contributed by atoms with Crippen molar-refractivity contribution < 1.29 is 13.2 Å². The minimum atomic E-state index is -3.69. The first kappa shape index (κ1) is 16.2. The molecule has 0 saturated heterocycles. The van der Waals surface area contributed by atoms with E-state index in [1.807, 2.05) is 6.92 Å². The summed E-state index contributed by atoms with van der Waals surface area (Å²) in [6, 6.07) is 0.905. The predicted octanol–water partition coefficient (Wildman–Crippen LogP) is -0.150. The fourth-order valence-corrected chi connectivity index (χ4v) is 2.60. The van der Waals surface area contributed by atoms with Gasteiger partial charge in [0.15, 0.2) is 0 Å². The summed E-state index contributed by atoms with van der Waals surface area (Å²) in [5, 5.41) is 5.33. The SMILES string of the molecule is CCCNc1ccncc1S(=O)(=O)NCCNC(N)=O. The third-order valence-corrected chi connectivity index (χ3v) is 3.84. The Labute approximate surface area is 118 Å². The van der Waals surface area contributed by atoms with E-state index < -0.39 is 16.1 Å². The number of nitrogens with one attached hydrogen (secondary N) is 3. The van der Waals surface area contributed by atoms with E-state index in [9.17, 15) is 13.2 Å². The fraction of sp³-hybridized carbons (Fsp3) is 0.455. The Bertz CT molecular complexity index is 547. The molecule has 8 nitrogen and oxygen atoms in total. The molecule has 20 heavy (non-hydrogen) atoms. The number of carbonyl (C=O) groups is 1. The monoisotopic (exact) mass is 301 g/mol. The minimum Gasteiger partial charge on any atom is -0.384 e. The van der Waals surface area contributed by atoms with E-state index in [4.69, 9.17) is 5.73 Å². The number of carbonyl (C=O) groups excluding carboxylic acids is 1. The topological polar surface area (TPSA) is 126 Å². The molecule has 0 radical (unpaired) electrons. The van der Waals surface area contributed by atoms with Crippen molar-refractivity contribution in [3.05, 3.63) is 18.5 Å². The van der Waals surface area contributed by atoms with Gasteiger partial charge in [0.1, 0.15) is 4.90 Å². The predicted molar refractivity (Wildman–Crippen MR) is 75.8 cm³/mol. The molecule has 0 spiro atoms. The average Bonchev–Trinajstić information content (AvgIpc) is 2.41. The minimum absolute atomic E-state index is 0.0490. The Morgan fingerprint density at radius 1 is 1.35 bits per heavy atom. The highest BCUT2D eigenvalue weighted by Crippen LogP contribution is 2.18. The van der Waals surface area contributed by atoms with Gasteiger partial charge >= 0.3 is 6.03 Å². The molecule has 0 bridgehead atoms. The van der Waals surface area contributed by atoms with E-state index in [1.54, 1.807) is 6.07 Å². The number of nitrogens with two attached hydrogens (primary N) is 1. The number of anilines is 1. The molecule has 2 amide bonds.